The lowest BCUT2D eigenvalue weighted by molar-refractivity contribution is -0.139. The van der Waals surface area contributed by atoms with Crippen LogP contribution in [0.1, 0.15) is 36.6 Å². The Labute approximate surface area is 236 Å². The zero-order valence-electron chi connectivity index (χ0n) is 23.4. The van der Waals surface area contributed by atoms with E-state index in [4.69, 9.17) is 4.74 Å². The summed E-state index contributed by atoms with van der Waals surface area (Å²) in [5.74, 6) is -0.509. The molecule has 41 heavy (non-hydrogen) atoms. The zero-order chi connectivity index (χ0) is 29.9. The van der Waals surface area contributed by atoms with Crippen molar-refractivity contribution < 1.29 is 32.3 Å². The van der Waals surface area contributed by atoms with Gasteiger partial charge in [0.05, 0.1) is 23.8 Å². The predicted molar refractivity (Wildman–Crippen MR) is 147 cm³/mol. The van der Waals surface area contributed by atoms with E-state index in [9.17, 15) is 27.6 Å². The molecule has 0 radical (unpaired) electrons. The molecule has 0 aliphatic carbocycles. The van der Waals surface area contributed by atoms with Crippen LogP contribution < -0.4 is 10.6 Å². The molecule has 9 nitrogen and oxygen atoms in total. The topological polar surface area (TPSA) is 94.2 Å². The molecule has 0 spiro atoms. The molecule has 1 saturated heterocycles. The molecule has 2 aromatic rings. The number of anilines is 1. The Morgan fingerprint density at radius 2 is 1.78 bits per heavy atom. The summed E-state index contributed by atoms with van der Waals surface area (Å²) < 4.78 is 44.0. The average molecular weight is 574 g/mol. The van der Waals surface area contributed by atoms with Gasteiger partial charge in [0.2, 0.25) is 0 Å². The number of rotatable bonds is 6. The van der Waals surface area contributed by atoms with Crippen LogP contribution in [0.25, 0.3) is 0 Å². The minimum Gasteiger partial charge on any atom is -0.463 e. The molecule has 2 aliphatic heterocycles. The van der Waals surface area contributed by atoms with Crippen molar-refractivity contribution in [3.05, 3.63) is 76.5 Å². The van der Waals surface area contributed by atoms with Gasteiger partial charge < -0.3 is 20.3 Å². The Hall–Kier alpha value is -4.06. The van der Waals surface area contributed by atoms with Gasteiger partial charge in [0.15, 0.2) is 0 Å². The number of amides is 4. The molecule has 2 N–H and O–H groups in total. The number of likely N-dealkylation sites (N-methyl/N-ethyl adjacent to an activating group) is 1. The van der Waals surface area contributed by atoms with E-state index in [0.29, 0.717) is 30.9 Å². The first-order valence-electron chi connectivity index (χ1n) is 13.4. The van der Waals surface area contributed by atoms with Gasteiger partial charge in [0.25, 0.3) is 0 Å². The molecular weight excluding hydrogens is 539 g/mol. The summed E-state index contributed by atoms with van der Waals surface area (Å²) in [6.07, 6.45) is -4.46. The van der Waals surface area contributed by atoms with E-state index in [2.05, 4.69) is 15.5 Å². The van der Waals surface area contributed by atoms with Crippen molar-refractivity contribution >= 4 is 23.7 Å². The van der Waals surface area contributed by atoms with Gasteiger partial charge in [-0.1, -0.05) is 24.3 Å². The van der Waals surface area contributed by atoms with Crippen LogP contribution in [0.3, 0.4) is 0 Å². The summed E-state index contributed by atoms with van der Waals surface area (Å²) >= 11 is 0. The number of nitrogens with one attached hydrogen (secondary N) is 2. The van der Waals surface area contributed by atoms with Crippen LogP contribution in [-0.4, -0.2) is 78.6 Å². The number of urea groups is 2. The highest BCUT2D eigenvalue weighted by Gasteiger charge is 2.39. The third-order valence-corrected chi connectivity index (χ3v) is 7.38. The highest BCUT2D eigenvalue weighted by atomic mass is 19.4. The Bertz CT molecular complexity index is 1330. The lowest BCUT2D eigenvalue weighted by Gasteiger charge is -2.42. The quantitative estimate of drug-likeness (QED) is 0.486. The number of benzene rings is 2. The first kappa shape index (κ1) is 29.9. The highest BCUT2D eigenvalue weighted by molar-refractivity contribution is 5.95. The standard InChI is InChI=1S/C29H34F3N5O4/c1-5-41-26(38)24-23(35(4)27(39)34-25(24)22-9-7-6-8-18(22)2)17-36-14-15-37(19(3)16-36)28(40)33-21-12-10-20(11-13-21)29(30,31)32/h6-13,19,25H,5,14-17H2,1-4H3,(H,33,40)(H,34,39)/t19-,25+/m1/s1. The lowest BCUT2D eigenvalue weighted by Crippen LogP contribution is -2.57. The van der Waals surface area contributed by atoms with E-state index in [-0.39, 0.29) is 30.9 Å². The summed E-state index contributed by atoms with van der Waals surface area (Å²) in [7, 11) is 1.61. The Morgan fingerprint density at radius 1 is 1.10 bits per heavy atom. The van der Waals surface area contributed by atoms with Gasteiger partial charge in [0, 0.05) is 50.7 Å². The van der Waals surface area contributed by atoms with Crippen molar-refractivity contribution in [2.45, 2.75) is 39.0 Å². The van der Waals surface area contributed by atoms with Gasteiger partial charge in [-0.05, 0) is 56.2 Å². The molecule has 12 heteroatoms. The van der Waals surface area contributed by atoms with Crippen molar-refractivity contribution in [1.29, 1.82) is 0 Å². The second-order valence-electron chi connectivity index (χ2n) is 10.2. The summed E-state index contributed by atoms with van der Waals surface area (Å²) in [6, 6.07) is 10.1. The van der Waals surface area contributed by atoms with Crippen LogP contribution in [0.2, 0.25) is 0 Å². The minimum absolute atomic E-state index is 0.178. The average Bonchev–Trinajstić information content (AvgIpc) is 2.91. The molecule has 2 heterocycles. The number of alkyl halides is 3. The van der Waals surface area contributed by atoms with Gasteiger partial charge in [-0.2, -0.15) is 13.2 Å². The van der Waals surface area contributed by atoms with E-state index >= 15 is 0 Å². The van der Waals surface area contributed by atoms with Crippen LogP contribution in [-0.2, 0) is 15.7 Å². The second kappa shape index (κ2) is 12.2. The number of ether oxygens (including phenoxy) is 1. The fourth-order valence-electron chi connectivity index (χ4n) is 5.17. The van der Waals surface area contributed by atoms with Crippen molar-refractivity contribution in [3.8, 4) is 0 Å². The van der Waals surface area contributed by atoms with Gasteiger partial charge in [-0.25, -0.2) is 14.4 Å². The SMILES string of the molecule is CCOC(=O)C1=C(CN2CCN(C(=O)Nc3ccc(C(F)(F)F)cc3)[C@H](C)C2)N(C)C(=O)N[C@H]1c1ccccc1C. The monoisotopic (exact) mass is 573 g/mol. The fraction of sp³-hybridized carbons (Fsp3) is 0.414. The van der Waals surface area contributed by atoms with E-state index in [1.807, 2.05) is 38.1 Å². The van der Waals surface area contributed by atoms with Gasteiger partial charge in [-0.3, -0.25) is 9.80 Å². The number of hydrogen-bond donors (Lipinski definition) is 2. The zero-order valence-corrected chi connectivity index (χ0v) is 23.4. The number of hydrogen-bond acceptors (Lipinski definition) is 5. The minimum atomic E-state index is -4.46. The summed E-state index contributed by atoms with van der Waals surface area (Å²) in [5, 5.41) is 5.60. The molecule has 2 aliphatic rings. The second-order valence-corrected chi connectivity index (χ2v) is 10.2. The van der Waals surface area contributed by atoms with Gasteiger partial charge in [-0.15, -0.1) is 0 Å². The van der Waals surface area contributed by atoms with Gasteiger partial charge >= 0.3 is 24.2 Å². The normalized spacial score (nSPS) is 20.1. The molecule has 0 unspecified atom stereocenters. The number of nitrogens with zero attached hydrogens (tertiary/aromatic N) is 3. The number of carbonyl (C=O) groups is 3. The van der Waals surface area contributed by atoms with Crippen LogP contribution in [0.5, 0.6) is 0 Å². The molecule has 2 atom stereocenters. The molecule has 220 valence electrons. The van der Waals surface area contributed by atoms with E-state index in [1.54, 1.807) is 18.9 Å². The van der Waals surface area contributed by atoms with Crippen molar-refractivity contribution in [2.24, 2.45) is 0 Å². The summed E-state index contributed by atoms with van der Waals surface area (Å²) in [5.41, 5.74) is 2.07. The van der Waals surface area contributed by atoms with Crippen molar-refractivity contribution in [2.75, 3.05) is 45.2 Å². The Balaban J connectivity index is 1.51. The van der Waals surface area contributed by atoms with Crippen LogP contribution in [0, 0.1) is 6.92 Å². The Morgan fingerprint density at radius 3 is 2.39 bits per heavy atom. The molecular formula is C29H34F3N5O4. The smallest absolute Gasteiger partial charge is 0.416 e. The molecule has 2 aromatic carbocycles. The van der Waals surface area contributed by atoms with Crippen LogP contribution in [0.4, 0.5) is 28.4 Å². The number of piperazine rings is 1. The van der Waals surface area contributed by atoms with Crippen molar-refractivity contribution in [1.82, 2.24) is 20.0 Å². The lowest BCUT2D eigenvalue weighted by atomic mass is 9.91. The third kappa shape index (κ3) is 6.64. The summed E-state index contributed by atoms with van der Waals surface area (Å²) in [4.78, 5) is 44.3. The van der Waals surface area contributed by atoms with E-state index < -0.39 is 29.8 Å². The maximum Gasteiger partial charge on any atom is 0.416 e. The number of carbonyl (C=O) groups excluding carboxylic acids is 3. The predicted octanol–water partition coefficient (Wildman–Crippen LogP) is 4.77. The number of halogens is 3. The first-order chi connectivity index (χ1) is 19.4. The van der Waals surface area contributed by atoms with Crippen molar-refractivity contribution in [3.63, 3.8) is 0 Å². The molecule has 0 bridgehead atoms. The Kier molecular flexibility index (Phi) is 8.91. The number of aryl methyl sites for hydroxylation is 1. The molecule has 4 amide bonds. The molecule has 1 fully saturated rings. The third-order valence-electron chi connectivity index (χ3n) is 7.38. The van der Waals surface area contributed by atoms with E-state index in [0.717, 1.165) is 23.3 Å². The van der Waals surface area contributed by atoms with Gasteiger partial charge in [0.1, 0.15) is 0 Å². The maximum atomic E-state index is 13.3. The van der Waals surface area contributed by atoms with E-state index in [1.165, 1.54) is 17.0 Å². The van der Waals surface area contributed by atoms with Crippen LogP contribution in [0.15, 0.2) is 59.8 Å². The molecule has 4 rings (SSSR count). The molecule has 0 aromatic heterocycles. The number of esters is 1. The first-order valence-corrected chi connectivity index (χ1v) is 13.4. The van der Waals surface area contributed by atoms with Crippen LogP contribution >= 0.6 is 0 Å². The fourth-order valence-corrected chi connectivity index (χ4v) is 5.17. The largest absolute Gasteiger partial charge is 0.463 e. The highest BCUT2D eigenvalue weighted by Crippen LogP contribution is 2.33. The maximum absolute atomic E-state index is 13.3. The molecule has 0 saturated carbocycles. The summed E-state index contributed by atoms with van der Waals surface area (Å²) in [6.45, 7) is 7.21.